The van der Waals surface area contributed by atoms with E-state index in [0.29, 0.717) is 12.2 Å². The molecule has 0 heterocycles. The zero-order valence-electron chi connectivity index (χ0n) is 11.5. The Kier molecular flexibility index (Phi) is 4.25. The van der Waals surface area contributed by atoms with Gasteiger partial charge in [-0.05, 0) is 24.6 Å². The van der Waals surface area contributed by atoms with Crippen LogP contribution in [0.1, 0.15) is 21.5 Å². The number of anilines is 1. The van der Waals surface area contributed by atoms with E-state index in [1.165, 1.54) is 0 Å². The number of aryl methyl sites for hydroxylation is 1. The molecule has 0 spiro atoms. The molecule has 0 amide bonds. The molecule has 0 aliphatic heterocycles. The molecule has 4 heteroatoms. The van der Waals surface area contributed by atoms with E-state index < -0.39 is 5.97 Å². The maximum absolute atomic E-state index is 11.2. The molecule has 2 aromatic rings. The number of nitrogens with one attached hydrogen (secondary N) is 1. The first-order valence-corrected chi connectivity index (χ1v) is 6.32. The lowest BCUT2D eigenvalue weighted by Crippen LogP contribution is -2.08. The van der Waals surface area contributed by atoms with Crippen LogP contribution in [0.4, 0.5) is 5.69 Å². The molecule has 0 saturated heterocycles. The molecular formula is C16H17NO3. The third-order valence-corrected chi connectivity index (χ3v) is 3.15. The molecule has 4 nitrogen and oxygen atoms in total. The highest BCUT2D eigenvalue weighted by Crippen LogP contribution is 2.23. The van der Waals surface area contributed by atoms with E-state index >= 15 is 0 Å². The zero-order valence-corrected chi connectivity index (χ0v) is 11.5. The van der Waals surface area contributed by atoms with Crippen LogP contribution in [0.25, 0.3) is 0 Å². The third-order valence-electron chi connectivity index (χ3n) is 3.15. The predicted octanol–water partition coefficient (Wildman–Crippen LogP) is 3.31. The fraction of sp³-hybridized carbons (Fsp3) is 0.188. The maximum atomic E-state index is 11.2. The standard InChI is InChI=1S/C16H17NO3/c1-11-6-5-8-13(16(18)19)15(11)17-10-12-7-3-4-9-14(12)20-2/h3-9,17H,10H2,1-2H3,(H,18,19). The van der Waals surface area contributed by atoms with Crippen LogP contribution in [0.15, 0.2) is 42.5 Å². The molecule has 2 aromatic carbocycles. The molecule has 0 radical (unpaired) electrons. The normalized spacial score (nSPS) is 10.1. The number of ether oxygens (including phenoxy) is 1. The van der Waals surface area contributed by atoms with Gasteiger partial charge in [0.05, 0.1) is 18.4 Å². The van der Waals surface area contributed by atoms with E-state index in [1.807, 2.05) is 37.3 Å². The van der Waals surface area contributed by atoms with Crippen molar-refractivity contribution >= 4 is 11.7 Å². The summed E-state index contributed by atoms with van der Waals surface area (Å²) >= 11 is 0. The van der Waals surface area contributed by atoms with Crippen LogP contribution in [0.5, 0.6) is 5.75 Å². The van der Waals surface area contributed by atoms with Gasteiger partial charge >= 0.3 is 5.97 Å². The second-order valence-corrected chi connectivity index (χ2v) is 4.47. The van der Waals surface area contributed by atoms with Gasteiger partial charge in [0.1, 0.15) is 5.75 Å². The molecule has 0 unspecified atom stereocenters. The van der Waals surface area contributed by atoms with Gasteiger partial charge in [-0.3, -0.25) is 0 Å². The van der Waals surface area contributed by atoms with Crippen LogP contribution in [0.3, 0.4) is 0 Å². The minimum Gasteiger partial charge on any atom is -0.496 e. The van der Waals surface area contributed by atoms with E-state index in [2.05, 4.69) is 5.32 Å². The Hall–Kier alpha value is -2.49. The number of benzene rings is 2. The molecule has 104 valence electrons. The number of carboxylic acid groups (broad SMARTS) is 1. The Morgan fingerprint density at radius 3 is 2.65 bits per heavy atom. The molecule has 2 N–H and O–H groups in total. The number of carboxylic acids is 1. The lowest BCUT2D eigenvalue weighted by molar-refractivity contribution is 0.0698. The average molecular weight is 271 g/mol. The first-order chi connectivity index (χ1) is 9.63. The average Bonchev–Trinajstić information content (AvgIpc) is 2.46. The van der Waals surface area contributed by atoms with Crippen LogP contribution in [-0.4, -0.2) is 18.2 Å². The van der Waals surface area contributed by atoms with Crippen molar-refractivity contribution in [1.82, 2.24) is 0 Å². The lowest BCUT2D eigenvalue weighted by atomic mass is 10.1. The predicted molar refractivity (Wildman–Crippen MR) is 78.5 cm³/mol. The van der Waals surface area contributed by atoms with Crippen molar-refractivity contribution in [1.29, 1.82) is 0 Å². The van der Waals surface area contributed by atoms with Crippen LogP contribution >= 0.6 is 0 Å². The lowest BCUT2D eigenvalue weighted by Gasteiger charge is -2.14. The van der Waals surface area contributed by atoms with Crippen molar-refractivity contribution < 1.29 is 14.6 Å². The van der Waals surface area contributed by atoms with Crippen molar-refractivity contribution in [2.75, 3.05) is 12.4 Å². The molecule has 2 rings (SSSR count). The summed E-state index contributed by atoms with van der Waals surface area (Å²) in [6.07, 6.45) is 0. The first-order valence-electron chi connectivity index (χ1n) is 6.32. The number of hydrogen-bond donors (Lipinski definition) is 2. The molecule has 0 aliphatic carbocycles. The largest absolute Gasteiger partial charge is 0.496 e. The van der Waals surface area contributed by atoms with Gasteiger partial charge in [-0.2, -0.15) is 0 Å². The Balaban J connectivity index is 2.25. The summed E-state index contributed by atoms with van der Waals surface area (Å²) in [5, 5.41) is 12.4. The van der Waals surface area contributed by atoms with Crippen molar-refractivity contribution in [3.63, 3.8) is 0 Å². The molecule has 0 atom stereocenters. The summed E-state index contributed by atoms with van der Waals surface area (Å²) in [7, 11) is 1.62. The van der Waals surface area contributed by atoms with E-state index in [4.69, 9.17) is 4.74 Å². The summed E-state index contributed by atoms with van der Waals surface area (Å²) in [4.78, 5) is 11.2. The third kappa shape index (κ3) is 2.91. The molecule has 0 bridgehead atoms. The van der Waals surface area contributed by atoms with Crippen molar-refractivity contribution in [3.8, 4) is 5.75 Å². The van der Waals surface area contributed by atoms with Crippen LogP contribution in [0, 0.1) is 6.92 Å². The van der Waals surface area contributed by atoms with E-state index in [1.54, 1.807) is 19.2 Å². The van der Waals surface area contributed by atoms with Crippen LogP contribution < -0.4 is 10.1 Å². The van der Waals surface area contributed by atoms with E-state index in [9.17, 15) is 9.90 Å². The maximum Gasteiger partial charge on any atom is 0.337 e. The molecular weight excluding hydrogens is 254 g/mol. The molecule has 0 fully saturated rings. The minimum atomic E-state index is -0.934. The highest BCUT2D eigenvalue weighted by Gasteiger charge is 2.12. The fourth-order valence-electron chi connectivity index (χ4n) is 2.11. The number of hydrogen-bond acceptors (Lipinski definition) is 3. The first kappa shape index (κ1) is 13.9. The highest BCUT2D eigenvalue weighted by molar-refractivity contribution is 5.95. The quantitative estimate of drug-likeness (QED) is 0.876. The van der Waals surface area contributed by atoms with Gasteiger partial charge < -0.3 is 15.2 Å². The summed E-state index contributed by atoms with van der Waals surface area (Å²) < 4.78 is 5.29. The second-order valence-electron chi connectivity index (χ2n) is 4.47. The Labute approximate surface area is 118 Å². The Bertz CT molecular complexity index is 623. The highest BCUT2D eigenvalue weighted by atomic mass is 16.5. The molecule has 0 aliphatic rings. The van der Waals surface area contributed by atoms with Gasteiger partial charge in [0.25, 0.3) is 0 Å². The van der Waals surface area contributed by atoms with Crippen molar-refractivity contribution in [2.24, 2.45) is 0 Å². The molecule has 0 saturated carbocycles. The summed E-state index contributed by atoms with van der Waals surface area (Å²) in [5.41, 5.74) is 2.81. The monoisotopic (exact) mass is 271 g/mol. The van der Waals surface area contributed by atoms with E-state index in [-0.39, 0.29) is 5.56 Å². The zero-order chi connectivity index (χ0) is 14.5. The van der Waals surface area contributed by atoms with E-state index in [0.717, 1.165) is 16.9 Å². The SMILES string of the molecule is COc1ccccc1CNc1c(C)cccc1C(=O)O. The van der Waals surface area contributed by atoms with Gasteiger partial charge in [-0.15, -0.1) is 0 Å². The fourth-order valence-corrected chi connectivity index (χ4v) is 2.11. The van der Waals surface area contributed by atoms with Gasteiger partial charge in [-0.1, -0.05) is 30.3 Å². The Morgan fingerprint density at radius 2 is 1.95 bits per heavy atom. The van der Waals surface area contributed by atoms with Crippen LogP contribution in [-0.2, 0) is 6.54 Å². The van der Waals surface area contributed by atoms with Gasteiger partial charge in [0.15, 0.2) is 0 Å². The summed E-state index contributed by atoms with van der Waals surface area (Å²) in [5.74, 6) is -0.151. The number of para-hydroxylation sites is 2. The van der Waals surface area contributed by atoms with Gasteiger partial charge in [0.2, 0.25) is 0 Å². The summed E-state index contributed by atoms with van der Waals surface area (Å²) in [6.45, 7) is 2.39. The number of aromatic carboxylic acids is 1. The smallest absolute Gasteiger partial charge is 0.337 e. The topological polar surface area (TPSA) is 58.6 Å². The van der Waals surface area contributed by atoms with Crippen molar-refractivity contribution in [2.45, 2.75) is 13.5 Å². The number of carbonyl (C=O) groups is 1. The molecule has 20 heavy (non-hydrogen) atoms. The molecule has 0 aromatic heterocycles. The van der Waals surface area contributed by atoms with Gasteiger partial charge in [0, 0.05) is 12.1 Å². The number of rotatable bonds is 5. The summed E-state index contributed by atoms with van der Waals surface area (Å²) in [6, 6.07) is 12.9. The van der Waals surface area contributed by atoms with Crippen molar-refractivity contribution in [3.05, 3.63) is 59.2 Å². The Morgan fingerprint density at radius 1 is 1.20 bits per heavy atom. The van der Waals surface area contributed by atoms with Crippen LogP contribution in [0.2, 0.25) is 0 Å². The minimum absolute atomic E-state index is 0.278. The second kappa shape index (κ2) is 6.10. The van der Waals surface area contributed by atoms with Gasteiger partial charge in [-0.25, -0.2) is 4.79 Å². The number of methoxy groups -OCH3 is 1.